The number of carbonyl (C=O) groups is 1. The van der Waals surface area contributed by atoms with Gasteiger partial charge in [0.25, 0.3) is 0 Å². The van der Waals surface area contributed by atoms with Crippen molar-refractivity contribution >= 4 is 53.8 Å². The Hall–Kier alpha value is -0.530. The van der Waals surface area contributed by atoms with Crippen molar-refractivity contribution in [3.63, 3.8) is 0 Å². The summed E-state index contributed by atoms with van der Waals surface area (Å²) in [6.45, 7) is -1.58. The number of alkyl halides is 6. The fourth-order valence-corrected chi connectivity index (χ4v) is 3.93. The van der Waals surface area contributed by atoms with Gasteiger partial charge in [-0.3, -0.25) is 4.79 Å². The lowest BCUT2D eigenvalue weighted by Gasteiger charge is -2.40. The van der Waals surface area contributed by atoms with E-state index in [1.165, 1.54) is 0 Å². The van der Waals surface area contributed by atoms with Crippen molar-refractivity contribution in [2.24, 2.45) is 0 Å². The molecule has 0 unspecified atom stereocenters. The van der Waals surface area contributed by atoms with E-state index in [1.54, 1.807) is 12.1 Å². The molecule has 0 saturated carbocycles. The second-order valence-electron chi connectivity index (χ2n) is 4.36. The summed E-state index contributed by atoms with van der Waals surface area (Å²) in [6, 6.07) is 3.12. The monoisotopic (exact) mass is 565 g/mol. The molecule has 25 heavy (non-hydrogen) atoms. The first kappa shape index (κ1) is 22.5. The first-order valence-electron chi connectivity index (χ1n) is 6.00. The van der Waals surface area contributed by atoms with E-state index in [2.05, 4.69) is 52.5 Å². The van der Waals surface area contributed by atoms with Crippen molar-refractivity contribution in [3.8, 4) is 5.75 Å². The van der Waals surface area contributed by atoms with Gasteiger partial charge in [-0.2, -0.15) is 26.3 Å². The van der Waals surface area contributed by atoms with Crippen LogP contribution in [0, 0.1) is 0 Å². The Morgan fingerprint density at radius 2 is 1.40 bits per heavy atom. The number of benzene rings is 1. The lowest BCUT2D eigenvalue weighted by atomic mass is 10.0. The number of ether oxygens (including phenoxy) is 2. The number of hydrogen-bond acceptors (Lipinski definition) is 4. The van der Waals surface area contributed by atoms with Crippen LogP contribution in [0.15, 0.2) is 25.6 Å². The van der Waals surface area contributed by atoms with Crippen LogP contribution in [0.1, 0.15) is 0 Å². The fourth-order valence-electron chi connectivity index (χ4n) is 1.44. The highest BCUT2D eigenvalue weighted by molar-refractivity contribution is 9.11. The van der Waals surface area contributed by atoms with Crippen LogP contribution < -0.4 is 9.84 Å². The Balaban J connectivity index is 2.74. The number of halogens is 9. The van der Waals surface area contributed by atoms with E-state index in [4.69, 9.17) is 4.74 Å². The molecule has 0 atom stereocenters. The molecule has 13 heteroatoms. The molecule has 0 saturated heterocycles. The van der Waals surface area contributed by atoms with Crippen LogP contribution >= 0.6 is 47.8 Å². The van der Waals surface area contributed by atoms with Gasteiger partial charge in [-0.1, -0.05) is 15.9 Å². The van der Waals surface area contributed by atoms with Gasteiger partial charge in [0, 0.05) is 4.47 Å². The minimum absolute atomic E-state index is 0.166. The third-order valence-electron chi connectivity index (χ3n) is 2.61. The van der Waals surface area contributed by atoms with Gasteiger partial charge in [-0.15, -0.1) is 0 Å². The molecule has 0 N–H and O–H groups in total. The lowest BCUT2D eigenvalue weighted by Crippen LogP contribution is -2.71. The van der Waals surface area contributed by atoms with E-state index in [0.29, 0.717) is 13.4 Å². The molecule has 0 aromatic heterocycles. The van der Waals surface area contributed by atoms with Gasteiger partial charge in [-0.05, 0) is 44.0 Å². The molecule has 0 amide bonds. The maximum Gasteiger partial charge on any atom is 0.399 e. The van der Waals surface area contributed by atoms with Gasteiger partial charge >= 0.3 is 18.3 Å². The average molecular weight is 568 g/mol. The summed E-state index contributed by atoms with van der Waals surface area (Å²) in [6.07, 6.45) is -12.8. The van der Waals surface area contributed by atoms with Crippen LogP contribution in [0.4, 0.5) is 26.3 Å². The van der Waals surface area contributed by atoms with Crippen molar-refractivity contribution in [1.29, 1.82) is 0 Å². The van der Waals surface area contributed by atoms with E-state index in [-0.39, 0.29) is 5.75 Å². The van der Waals surface area contributed by atoms with Gasteiger partial charge < -0.3 is 14.6 Å². The zero-order chi connectivity index (χ0) is 19.6. The minimum Gasteiger partial charge on any atom is -0.828 e. The molecule has 0 radical (unpaired) electrons. The SMILES string of the molecule is O=C(OCCOc1c(Br)cc(Br)cc1Br)C([O-])(C(F)(F)F)C(F)(F)F. The first-order chi connectivity index (χ1) is 11.2. The Morgan fingerprint density at radius 3 is 1.80 bits per heavy atom. The van der Waals surface area contributed by atoms with Crippen LogP contribution in [0.2, 0.25) is 0 Å². The van der Waals surface area contributed by atoms with Crippen LogP contribution in [0.25, 0.3) is 0 Å². The van der Waals surface area contributed by atoms with Crippen molar-refractivity contribution in [1.82, 2.24) is 0 Å². The Labute approximate surface area is 161 Å². The summed E-state index contributed by atoms with van der Waals surface area (Å²) in [5.41, 5.74) is -5.86. The molecule has 0 bridgehead atoms. The topological polar surface area (TPSA) is 58.6 Å². The van der Waals surface area contributed by atoms with Crippen LogP contribution in [-0.4, -0.2) is 37.1 Å². The van der Waals surface area contributed by atoms with Gasteiger partial charge in [0.05, 0.1) is 8.95 Å². The van der Waals surface area contributed by atoms with E-state index >= 15 is 0 Å². The molecule has 0 fully saturated rings. The van der Waals surface area contributed by atoms with Gasteiger partial charge in [0.2, 0.25) is 0 Å². The number of hydrogen-bond donors (Lipinski definition) is 0. The van der Waals surface area contributed by atoms with Gasteiger partial charge in [-0.25, -0.2) is 0 Å². The quantitative estimate of drug-likeness (QED) is 0.305. The number of rotatable bonds is 5. The predicted octanol–water partition coefficient (Wildman–Crippen LogP) is 4.12. The maximum absolute atomic E-state index is 12.4. The summed E-state index contributed by atoms with van der Waals surface area (Å²) in [7, 11) is 0. The summed E-state index contributed by atoms with van der Waals surface area (Å²) in [5, 5.41) is 11.1. The highest BCUT2D eigenvalue weighted by Crippen LogP contribution is 2.41. The minimum atomic E-state index is -6.40. The van der Waals surface area contributed by atoms with E-state index in [9.17, 15) is 36.2 Å². The molecule has 1 aromatic carbocycles. The Morgan fingerprint density at radius 1 is 0.960 bits per heavy atom. The molecular formula is C12H6Br3F6O4-. The zero-order valence-corrected chi connectivity index (χ0v) is 16.4. The highest BCUT2D eigenvalue weighted by atomic mass is 79.9. The van der Waals surface area contributed by atoms with E-state index in [0.717, 1.165) is 0 Å². The third kappa shape index (κ3) is 5.01. The predicted molar refractivity (Wildman–Crippen MR) is 80.8 cm³/mol. The standard InChI is InChI=1S/C12H6Br3F6O4/c13-5-3-6(14)8(7(15)4-5)24-1-2-25-9(22)10(23,11(16,17)18)12(19,20)21/h3-4H,1-2H2/q-1. The maximum atomic E-state index is 12.4. The molecule has 142 valence electrons. The summed E-state index contributed by atoms with van der Waals surface area (Å²) in [4.78, 5) is 11.1. The first-order valence-corrected chi connectivity index (χ1v) is 8.38. The van der Waals surface area contributed by atoms with Crippen LogP contribution in [0.5, 0.6) is 5.75 Å². The van der Waals surface area contributed by atoms with E-state index < -0.39 is 37.1 Å². The van der Waals surface area contributed by atoms with E-state index in [1.807, 2.05) is 0 Å². The zero-order valence-electron chi connectivity index (χ0n) is 11.6. The second kappa shape index (κ2) is 8.01. The summed E-state index contributed by atoms with van der Waals surface area (Å²) >= 11 is 9.42. The van der Waals surface area contributed by atoms with Crippen LogP contribution in [-0.2, 0) is 9.53 Å². The third-order valence-corrected chi connectivity index (χ3v) is 4.25. The lowest BCUT2D eigenvalue weighted by molar-refractivity contribution is -0.574. The highest BCUT2D eigenvalue weighted by Gasteiger charge is 2.68. The molecule has 0 spiro atoms. The molecule has 0 heterocycles. The Kier molecular flexibility index (Phi) is 7.21. The smallest absolute Gasteiger partial charge is 0.399 e. The molecule has 0 aliphatic carbocycles. The van der Waals surface area contributed by atoms with Crippen molar-refractivity contribution in [3.05, 3.63) is 25.6 Å². The molecular weight excluding hydrogens is 562 g/mol. The molecule has 0 aliphatic rings. The normalized spacial score (nSPS) is 12.9. The van der Waals surface area contributed by atoms with Crippen LogP contribution in [0.3, 0.4) is 0 Å². The number of esters is 1. The largest absolute Gasteiger partial charge is 0.828 e. The van der Waals surface area contributed by atoms with Crippen molar-refractivity contribution in [2.45, 2.75) is 18.0 Å². The summed E-state index contributed by atoms with van der Waals surface area (Å²) < 4.78 is 84.7. The summed E-state index contributed by atoms with van der Waals surface area (Å²) in [5.74, 6) is -2.83. The van der Waals surface area contributed by atoms with Crippen molar-refractivity contribution < 1.29 is 45.7 Å². The van der Waals surface area contributed by atoms with Gasteiger partial charge in [0.15, 0.2) is 5.60 Å². The Bertz CT molecular complexity index is 610. The molecule has 1 aromatic rings. The van der Waals surface area contributed by atoms with Gasteiger partial charge in [0.1, 0.15) is 19.0 Å². The van der Waals surface area contributed by atoms with Crippen molar-refractivity contribution in [2.75, 3.05) is 13.2 Å². The molecule has 4 nitrogen and oxygen atoms in total. The fraction of sp³-hybridized carbons (Fsp3) is 0.417. The molecule has 0 aliphatic heterocycles. The second-order valence-corrected chi connectivity index (χ2v) is 6.98. The average Bonchev–Trinajstić information content (AvgIpc) is 2.41. The molecule has 1 rings (SSSR count). The number of carbonyl (C=O) groups excluding carboxylic acids is 1.